The van der Waals surface area contributed by atoms with Crippen LogP contribution in [0.1, 0.15) is 22.3 Å². The van der Waals surface area contributed by atoms with Gasteiger partial charge in [-0.05, 0) is 65.2 Å². The molecule has 3 aromatic rings. The highest BCUT2D eigenvalue weighted by Crippen LogP contribution is 2.38. The molecule has 4 rings (SSSR count). The molecule has 0 unspecified atom stereocenters. The average Bonchev–Trinajstić information content (AvgIpc) is 3.16. The molecule has 2 amide bonds. The summed E-state index contributed by atoms with van der Waals surface area (Å²) >= 11 is 4.27. The molecule has 1 aliphatic rings. The highest BCUT2D eigenvalue weighted by molar-refractivity contribution is 9.10. The van der Waals surface area contributed by atoms with Crippen LogP contribution in [0.5, 0.6) is 11.5 Å². The Labute approximate surface area is 232 Å². The van der Waals surface area contributed by atoms with Gasteiger partial charge < -0.3 is 9.47 Å². The minimum atomic E-state index is -0.501. The van der Waals surface area contributed by atoms with Crippen molar-refractivity contribution >= 4 is 50.6 Å². The van der Waals surface area contributed by atoms with E-state index in [-0.39, 0.29) is 17.1 Å². The Morgan fingerprint density at radius 2 is 1.76 bits per heavy atom. The summed E-state index contributed by atoms with van der Waals surface area (Å²) in [4.78, 5) is 37.4. The van der Waals surface area contributed by atoms with Crippen molar-refractivity contribution in [2.45, 2.75) is 19.6 Å². The van der Waals surface area contributed by atoms with Gasteiger partial charge in [-0.25, -0.2) is 0 Å². The van der Waals surface area contributed by atoms with Crippen LogP contribution in [0.2, 0.25) is 0 Å². The number of hydrogen-bond donors (Lipinski definition) is 0. The van der Waals surface area contributed by atoms with E-state index in [9.17, 15) is 19.7 Å². The Bertz CT molecular complexity index is 1420. The lowest BCUT2D eigenvalue weighted by Gasteiger charge is -2.16. The second-order valence-corrected chi connectivity index (χ2v) is 10.2. The molecule has 3 aromatic carbocycles. The van der Waals surface area contributed by atoms with Crippen molar-refractivity contribution in [3.05, 3.63) is 115 Å². The summed E-state index contributed by atoms with van der Waals surface area (Å²) in [6.07, 6.45) is 3.91. The number of thioether (sulfide) groups is 1. The zero-order valence-electron chi connectivity index (χ0n) is 20.4. The number of hydrogen-bond acceptors (Lipinski definition) is 7. The van der Waals surface area contributed by atoms with Crippen molar-refractivity contribution < 1.29 is 24.0 Å². The first-order valence-electron chi connectivity index (χ1n) is 11.5. The molecule has 8 nitrogen and oxygen atoms in total. The maximum atomic E-state index is 13.0. The number of nitro benzene ring substituents is 1. The maximum Gasteiger partial charge on any atom is 0.293 e. The highest BCUT2D eigenvalue weighted by atomic mass is 79.9. The van der Waals surface area contributed by atoms with E-state index < -0.39 is 16.1 Å². The van der Waals surface area contributed by atoms with Crippen molar-refractivity contribution in [3.8, 4) is 11.5 Å². The molecule has 1 saturated heterocycles. The molecule has 1 aliphatic heterocycles. The topological polar surface area (TPSA) is 99.0 Å². The summed E-state index contributed by atoms with van der Waals surface area (Å²) in [5.41, 5.74) is 3.05. The smallest absolute Gasteiger partial charge is 0.293 e. The second kappa shape index (κ2) is 12.1. The van der Waals surface area contributed by atoms with Crippen molar-refractivity contribution in [3.63, 3.8) is 0 Å². The number of nitro groups is 1. The lowest BCUT2D eigenvalue weighted by molar-refractivity contribution is -0.384. The molecule has 0 aliphatic carbocycles. The van der Waals surface area contributed by atoms with Gasteiger partial charge in [0.1, 0.15) is 6.61 Å². The highest BCUT2D eigenvalue weighted by Gasteiger charge is 2.35. The van der Waals surface area contributed by atoms with Gasteiger partial charge >= 0.3 is 0 Å². The molecule has 1 fully saturated rings. The first kappa shape index (κ1) is 27.2. The van der Waals surface area contributed by atoms with Gasteiger partial charge in [0.2, 0.25) is 0 Å². The van der Waals surface area contributed by atoms with Gasteiger partial charge in [0.15, 0.2) is 11.5 Å². The number of imide groups is 1. The van der Waals surface area contributed by atoms with Crippen LogP contribution in [-0.2, 0) is 24.4 Å². The molecule has 38 heavy (non-hydrogen) atoms. The first-order chi connectivity index (χ1) is 18.3. The van der Waals surface area contributed by atoms with Gasteiger partial charge in [-0.1, -0.05) is 46.3 Å². The number of halogens is 1. The summed E-state index contributed by atoms with van der Waals surface area (Å²) < 4.78 is 12.7. The third kappa shape index (κ3) is 6.32. The summed E-state index contributed by atoms with van der Waals surface area (Å²) in [7, 11) is 1.54. The Kier molecular flexibility index (Phi) is 8.65. The molecular weight excluding hydrogens is 572 g/mol. The molecule has 0 N–H and O–H groups in total. The minimum absolute atomic E-state index is 0.0217. The molecular formula is C28H23BrN2O6S. The number of non-ortho nitro benzene ring substituents is 1. The third-order valence-electron chi connectivity index (χ3n) is 5.69. The van der Waals surface area contributed by atoms with E-state index in [1.165, 1.54) is 24.3 Å². The fourth-order valence-electron chi connectivity index (χ4n) is 3.82. The summed E-state index contributed by atoms with van der Waals surface area (Å²) in [6, 6.07) is 17.2. The van der Waals surface area contributed by atoms with Gasteiger partial charge in [0, 0.05) is 22.2 Å². The predicted molar refractivity (Wildman–Crippen MR) is 150 cm³/mol. The molecule has 10 heteroatoms. The number of methoxy groups -OCH3 is 1. The number of nitrogens with zero attached hydrogens (tertiary/aromatic N) is 2. The standard InChI is InChI=1S/C28H23BrN2O6S/c1-3-4-21-13-20(14-24(36-2)26(21)37-17-19-5-9-22(29)10-6-19)15-25-27(32)30(28(33)38-25)16-18-7-11-23(12-8-18)31(34)35/h3,5-15H,1,4,16-17H2,2H3/b25-15-. The number of carbonyl (C=O) groups excluding carboxylic acids is 2. The van der Waals surface area contributed by atoms with Gasteiger partial charge in [0.25, 0.3) is 16.8 Å². The third-order valence-corrected chi connectivity index (χ3v) is 7.13. The Balaban J connectivity index is 1.56. The van der Waals surface area contributed by atoms with Crippen LogP contribution < -0.4 is 9.47 Å². The molecule has 0 atom stereocenters. The minimum Gasteiger partial charge on any atom is -0.493 e. The van der Waals surface area contributed by atoms with E-state index in [2.05, 4.69) is 22.5 Å². The van der Waals surface area contributed by atoms with Gasteiger partial charge in [-0.15, -0.1) is 6.58 Å². The fraction of sp³-hybridized carbons (Fsp3) is 0.143. The number of benzene rings is 3. The molecule has 0 spiro atoms. The number of amides is 2. The summed E-state index contributed by atoms with van der Waals surface area (Å²) in [5.74, 6) is 0.648. The number of carbonyl (C=O) groups is 2. The van der Waals surface area contributed by atoms with E-state index in [1.54, 1.807) is 25.3 Å². The van der Waals surface area contributed by atoms with E-state index in [0.29, 0.717) is 35.7 Å². The largest absolute Gasteiger partial charge is 0.493 e. The molecule has 0 radical (unpaired) electrons. The fourth-order valence-corrected chi connectivity index (χ4v) is 4.92. The Morgan fingerprint density at radius 1 is 1.08 bits per heavy atom. The Hall–Kier alpha value is -3.89. The van der Waals surface area contributed by atoms with Crippen molar-refractivity contribution in [1.29, 1.82) is 0 Å². The van der Waals surface area contributed by atoms with E-state index in [4.69, 9.17) is 9.47 Å². The van der Waals surface area contributed by atoms with Gasteiger partial charge in [-0.3, -0.25) is 24.6 Å². The van der Waals surface area contributed by atoms with Crippen LogP contribution >= 0.6 is 27.7 Å². The zero-order chi connectivity index (χ0) is 27.2. The molecule has 0 bridgehead atoms. The van der Waals surface area contributed by atoms with Crippen molar-refractivity contribution in [1.82, 2.24) is 4.90 Å². The number of ether oxygens (including phenoxy) is 2. The second-order valence-electron chi connectivity index (χ2n) is 8.31. The van der Waals surface area contributed by atoms with E-state index in [0.717, 1.165) is 32.3 Å². The molecule has 0 saturated carbocycles. The van der Waals surface area contributed by atoms with Crippen molar-refractivity contribution in [2.75, 3.05) is 7.11 Å². The number of allylic oxidation sites excluding steroid dienone is 1. The predicted octanol–water partition coefficient (Wildman–Crippen LogP) is 6.91. The van der Waals surface area contributed by atoms with Crippen LogP contribution in [0, 0.1) is 10.1 Å². The normalized spacial score (nSPS) is 14.2. The van der Waals surface area contributed by atoms with Crippen LogP contribution in [0.15, 0.2) is 82.7 Å². The van der Waals surface area contributed by atoms with Crippen LogP contribution in [0.4, 0.5) is 10.5 Å². The molecule has 0 aromatic heterocycles. The number of rotatable bonds is 10. The lowest BCUT2D eigenvalue weighted by Crippen LogP contribution is -2.27. The van der Waals surface area contributed by atoms with Crippen LogP contribution in [0.25, 0.3) is 6.08 Å². The monoisotopic (exact) mass is 594 g/mol. The van der Waals surface area contributed by atoms with E-state index >= 15 is 0 Å². The first-order valence-corrected chi connectivity index (χ1v) is 13.1. The van der Waals surface area contributed by atoms with Gasteiger partial charge in [0.05, 0.1) is 23.5 Å². The SMILES string of the molecule is C=CCc1cc(/C=C2\SC(=O)N(Cc3ccc([N+](=O)[O-])cc3)C2=O)cc(OC)c1OCc1ccc(Br)cc1. The molecule has 1 heterocycles. The van der Waals surface area contributed by atoms with Crippen LogP contribution in [0.3, 0.4) is 0 Å². The zero-order valence-corrected chi connectivity index (χ0v) is 22.8. The quantitative estimate of drug-likeness (QED) is 0.109. The van der Waals surface area contributed by atoms with Crippen molar-refractivity contribution in [2.24, 2.45) is 0 Å². The summed E-state index contributed by atoms with van der Waals surface area (Å²) in [6.45, 7) is 4.20. The lowest BCUT2D eigenvalue weighted by atomic mass is 10.0. The summed E-state index contributed by atoms with van der Waals surface area (Å²) in [5, 5.41) is 10.5. The maximum absolute atomic E-state index is 13.0. The van der Waals surface area contributed by atoms with E-state index in [1.807, 2.05) is 30.3 Å². The molecule has 194 valence electrons. The van der Waals surface area contributed by atoms with Gasteiger partial charge in [-0.2, -0.15) is 0 Å². The Morgan fingerprint density at radius 3 is 2.39 bits per heavy atom. The average molecular weight is 595 g/mol. The van der Waals surface area contributed by atoms with Crippen LogP contribution in [-0.4, -0.2) is 28.1 Å².